The Kier molecular flexibility index (Phi) is 7.35. The lowest BCUT2D eigenvalue weighted by Crippen LogP contribution is -2.16. The summed E-state index contributed by atoms with van der Waals surface area (Å²) in [5, 5.41) is 16.3. The van der Waals surface area contributed by atoms with E-state index < -0.39 is 17.7 Å². The van der Waals surface area contributed by atoms with Gasteiger partial charge in [-0.05, 0) is 18.6 Å². The first-order chi connectivity index (χ1) is 11.4. The molecular weight excluding hydrogens is 313 g/mol. The molecule has 0 amide bonds. The Labute approximate surface area is 139 Å². The van der Waals surface area contributed by atoms with Crippen molar-refractivity contribution in [2.75, 3.05) is 0 Å². The van der Waals surface area contributed by atoms with Gasteiger partial charge in [0.1, 0.15) is 18.3 Å². The van der Waals surface area contributed by atoms with Gasteiger partial charge in [-0.15, -0.1) is 0 Å². The zero-order valence-electron chi connectivity index (χ0n) is 13.3. The van der Waals surface area contributed by atoms with Crippen molar-refractivity contribution in [1.82, 2.24) is 0 Å². The molecule has 0 heterocycles. The molecular formula is C17H20FN3O3. The maximum absolute atomic E-state index is 13.0. The number of nitrogens with zero attached hydrogens (tertiary/aromatic N) is 1. The van der Waals surface area contributed by atoms with Crippen LogP contribution in [-0.2, 0) is 9.53 Å². The van der Waals surface area contributed by atoms with Crippen molar-refractivity contribution in [3.63, 3.8) is 0 Å². The van der Waals surface area contributed by atoms with E-state index in [2.05, 4.69) is 11.6 Å². The molecule has 0 bridgehead atoms. The monoisotopic (exact) mass is 333 g/mol. The molecule has 0 saturated carbocycles. The molecule has 128 valence electrons. The topological polar surface area (TPSA) is 109 Å². The number of halogens is 1. The van der Waals surface area contributed by atoms with E-state index in [1.165, 1.54) is 6.08 Å². The largest absolute Gasteiger partial charge is 0.504 e. The maximum atomic E-state index is 13.0. The van der Waals surface area contributed by atoms with Crippen molar-refractivity contribution in [1.29, 1.82) is 5.41 Å². The van der Waals surface area contributed by atoms with Gasteiger partial charge in [0.25, 0.3) is 0 Å². The lowest BCUT2D eigenvalue weighted by atomic mass is 10.0. The van der Waals surface area contributed by atoms with E-state index in [1.54, 1.807) is 25.2 Å². The summed E-state index contributed by atoms with van der Waals surface area (Å²) in [4.78, 5) is 15.3. The lowest BCUT2D eigenvalue weighted by Gasteiger charge is -2.13. The summed E-state index contributed by atoms with van der Waals surface area (Å²) in [7, 11) is 0. The molecule has 1 aliphatic rings. The molecule has 0 aromatic carbocycles. The highest BCUT2D eigenvalue weighted by molar-refractivity contribution is 6.08. The molecule has 0 aromatic heterocycles. The summed E-state index contributed by atoms with van der Waals surface area (Å²) in [6, 6.07) is 0. The Morgan fingerprint density at radius 1 is 1.67 bits per heavy atom. The fourth-order valence-corrected chi connectivity index (χ4v) is 1.79. The van der Waals surface area contributed by atoms with Crippen molar-refractivity contribution >= 4 is 18.0 Å². The number of ether oxygens (including phenoxy) is 1. The van der Waals surface area contributed by atoms with Crippen LogP contribution in [0.25, 0.3) is 0 Å². The van der Waals surface area contributed by atoms with Crippen LogP contribution in [0.5, 0.6) is 0 Å². The number of aliphatic hydroxyl groups is 1. The summed E-state index contributed by atoms with van der Waals surface area (Å²) in [5.41, 5.74) is 6.21. The Morgan fingerprint density at radius 3 is 2.92 bits per heavy atom. The highest BCUT2D eigenvalue weighted by Crippen LogP contribution is 2.21. The number of aliphatic imine (C=N–C) groups is 1. The number of allylic oxidation sites excluding steroid dienone is 6. The minimum atomic E-state index is -0.971. The maximum Gasteiger partial charge on any atom is 0.224 e. The minimum Gasteiger partial charge on any atom is -0.504 e. The SMILES string of the molecule is C=C(O/C(=C\C)CC1=CCC(F)C=C1)C(=O)/C=C(\O)C(N)=NC=N. The van der Waals surface area contributed by atoms with E-state index >= 15 is 0 Å². The predicted octanol–water partition coefficient (Wildman–Crippen LogP) is 3.01. The number of carbonyl (C=O) groups excluding carboxylic acids is 1. The van der Waals surface area contributed by atoms with E-state index in [4.69, 9.17) is 15.9 Å². The number of hydrogen-bond donors (Lipinski definition) is 3. The highest BCUT2D eigenvalue weighted by atomic mass is 19.1. The van der Waals surface area contributed by atoms with Crippen molar-refractivity contribution < 1.29 is 19.0 Å². The second-order valence-electron chi connectivity index (χ2n) is 4.88. The number of nitrogens with two attached hydrogens (primary N) is 1. The van der Waals surface area contributed by atoms with Crippen LogP contribution in [0, 0.1) is 5.41 Å². The molecule has 0 spiro atoms. The van der Waals surface area contributed by atoms with Gasteiger partial charge in [-0.3, -0.25) is 10.2 Å². The Hall–Kier alpha value is -2.96. The van der Waals surface area contributed by atoms with Crippen LogP contribution in [0.1, 0.15) is 19.8 Å². The summed E-state index contributed by atoms with van der Waals surface area (Å²) in [6.07, 6.45) is 7.75. The quantitative estimate of drug-likeness (QED) is 0.274. The second-order valence-corrected chi connectivity index (χ2v) is 4.88. The van der Waals surface area contributed by atoms with Crippen molar-refractivity contribution in [3.8, 4) is 0 Å². The molecule has 24 heavy (non-hydrogen) atoms. The second kappa shape index (κ2) is 9.24. The van der Waals surface area contributed by atoms with Gasteiger partial charge in [-0.2, -0.15) is 0 Å². The van der Waals surface area contributed by atoms with Crippen LogP contribution in [-0.4, -0.2) is 29.2 Å². The number of alkyl halides is 1. The van der Waals surface area contributed by atoms with Crippen molar-refractivity contribution in [2.24, 2.45) is 10.7 Å². The van der Waals surface area contributed by atoms with Gasteiger partial charge in [0.15, 0.2) is 17.4 Å². The Morgan fingerprint density at radius 2 is 2.38 bits per heavy atom. The molecule has 1 atom stereocenters. The molecule has 7 heteroatoms. The zero-order chi connectivity index (χ0) is 18.1. The number of hydrogen-bond acceptors (Lipinski definition) is 4. The number of rotatable bonds is 8. The fourth-order valence-electron chi connectivity index (χ4n) is 1.79. The van der Waals surface area contributed by atoms with E-state index in [1.807, 2.05) is 0 Å². The molecule has 1 aliphatic carbocycles. The molecule has 4 N–H and O–H groups in total. The van der Waals surface area contributed by atoms with E-state index in [0.29, 0.717) is 24.9 Å². The molecule has 0 radical (unpaired) electrons. The third kappa shape index (κ3) is 6.04. The summed E-state index contributed by atoms with van der Waals surface area (Å²) in [6.45, 7) is 5.25. The standard InChI is InChI=1S/C17H20FN3O3/c1-3-14(8-12-4-6-13(18)7-5-12)24-11(2)15(22)9-16(23)17(20)21-10-19/h3-6,9-10,13,23H,2,7-8H2,1H3,(H3,19,20,21)/b14-3-,16-9-. The first-order valence-electron chi connectivity index (χ1n) is 7.18. The molecule has 1 unspecified atom stereocenters. The highest BCUT2D eigenvalue weighted by Gasteiger charge is 2.13. The van der Waals surface area contributed by atoms with Crippen LogP contribution in [0.3, 0.4) is 0 Å². The number of nitrogens with one attached hydrogen (secondary N) is 1. The van der Waals surface area contributed by atoms with Crippen molar-refractivity contribution in [2.45, 2.75) is 25.9 Å². The molecule has 0 fully saturated rings. The van der Waals surface area contributed by atoms with E-state index in [9.17, 15) is 14.3 Å². The van der Waals surface area contributed by atoms with Crippen molar-refractivity contribution in [3.05, 3.63) is 59.8 Å². The van der Waals surface area contributed by atoms with Gasteiger partial charge in [0.05, 0.1) is 0 Å². The third-order valence-electron chi connectivity index (χ3n) is 3.09. The average molecular weight is 333 g/mol. The van der Waals surface area contributed by atoms with Gasteiger partial charge in [0, 0.05) is 18.9 Å². The van der Waals surface area contributed by atoms with Crippen LogP contribution < -0.4 is 5.73 Å². The molecule has 0 aliphatic heterocycles. The van der Waals surface area contributed by atoms with Crippen LogP contribution in [0.15, 0.2) is 64.8 Å². The first-order valence-corrected chi connectivity index (χ1v) is 7.18. The number of amidine groups is 1. The summed E-state index contributed by atoms with van der Waals surface area (Å²) >= 11 is 0. The normalized spacial score (nSPS) is 18.8. The zero-order valence-corrected chi connectivity index (χ0v) is 13.3. The van der Waals surface area contributed by atoms with Gasteiger partial charge in [-0.1, -0.05) is 24.8 Å². The number of ketones is 1. The Bertz CT molecular complexity index is 673. The van der Waals surface area contributed by atoms with Gasteiger partial charge >= 0.3 is 0 Å². The number of aliphatic hydroxyl groups excluding tert-OH is 1. The van der Waals surface area contributed by atoms with Gasteiger partial charge in [-0.25, -0.2) is 9.38 Å². The lowest BCUT2D eigenvalue weighted by molar-refractivity contribution is -0.114. The Balaban J connectivity index is 2.69. The van der Waals surface area contributed by atoms with Gasteiger partial charge < -0.3 is 15.6 Å². The molecule has 1 rings (SSSR count). The summed E-state index contributed by atoms with van der Waals surface area (Å²) < 4.78 is 18.4. The summed E-state index contributed by atoms with van der Waals surface area (Å²) in [5.74, 6) is -1.37. The predicted molar refractivity (Wildman–Crippen MR) is 91.5 cm³/mol. The molecule has 0 aromatic rings. The van der Waals surface area contributed by atoms with E-state index in [-0.39, 0.29) is 11.6 Å². The molecule has 6 nitrogen and oxygen atoms in total. The van der Waals surface area contributed by atoms with Crippen LogP contribution >= 0.6 is 0 Å². The van der Waals surface area contributed by atoms with Gasteiger partial charge in [0.2, 0.25) is 5.78 Å². The minimum absolute atomic E-state index is 0.207. The van der Waals surface area contributed by atoms with Crippen LogP contribution in [0.2, 0.25) is 0 Å². The van der Waals surface area contributed by atoms with Crippen LogP contribution in [0.4, 0.5) is 4.39 Å². The number of carbonyl (C=O) groups is 1. The van der Waals surface area contributed by atoms with E-state index in [0.717, 1.165) is 11.6 Å². The average Bonchev–Trinajstić information content (AvgIpc) is 2.56. The first kappa shape index (κ1) is 19.1. The third-order valence-corrected chi connectivity index (χ3v) is 3.09. The fraction of sp³-hybridized carbons (Fsp3) is 0.235. The smallest absolute Gasteiger partial charge is 0.224 e. The molecule has 0 saturated heterocycles.